The third-order valence-corrected chi connectivity index (χ3v) is 4.69. The van der Waals surface area contributed by atoms with Crippen LogP contribution in [0.15, 0.2) is 53.3 Å². The van der Waals surface area contributed by atoms with Gasteiger partial charge in [0.15, 0.2) is 0 Å². The van der Waals surface area contributed by atoms with E-state index in [4.69, 9.17) is 10.3 Å². The molecule has 1 fully saturated rings. The Morgan fingerprint density at radius 2 is 1.80 bits per heavy atom. The molecule has 0 amide bonds. The Morgan fingerprint density at radius 3 is 2.40 bits per heavy atom. The summed E-state index contributed by atoms with van der Waals surface area (Å²) >= 11 is 0. The molecule has 3 heteroatoms. The predicted octanol–water partition coefficient (Wildman–Crippen LogP) is 3.69. The van der Waals surface area contributed by atoms with Gasteiger partial charge in [0, 0.05) is 11.0 Å². The highest BCUT2D eigenvalue weighted by Crippen LogP contribution is 2.47. The quantitative estimate of drug-likeness (QED) is 0.658. The van der Waals surface area contributed by atoms with Crippen molar-refractivity contribution in [1.82, 2.24) is 5.43 Å². The minimum Gasteiger partial charge on any atom is -0.472 e. The van der Waals surface area contributed by atoms with Gasteiger partial charge >= 0.3 is 0 Å². The van der Waals surface area contributed by atoms with Crippen LogP contribution in [-0.4, -0.2) is 0 Å². The molecule has 0 radical (unpaired) electrons. The molecule has 0 saturated heterocycles. The van der Waals surface area contributed by atoms with E-state index >= 15 is 0 Å². The van der Waals surface area contributed by atoms with Crippen molar-refractivity contribution in [3.8, 4) is 0 Å². The summed E-state index contributed by atoms with van der Waals surface area (Å²) < 4.78 is 5.27. The van der Waals surface area contributed by atoms with Gasteiger partial charge in [-0.2, -0.15) is 0 Å². The van der Waals surface area contributed by atoms with E-state index in [1.807, 2.05) is 12.3 Å². The molecule has 1 aromatic carbocycles. The van der Waals surface area contributed by atoms with Gasteiger partial charge in [-0.05, 0) is 24.5 Å². The topological polar surface area (TPSA) is 51.2 Å². The number of nitrogens with two attached hydrogens (primary N) is 1. The molecule has 106 valence electrons. The van der Waals surface area contributed by atoms with Gasteiger partial charge in [0.25, 0.3) is 0 Å². The minimum absolute atomic E-state index is 0.0676. The van der Waals surface area contributed by atoms with Crippen LogP contribution in [0.3, 0.4) is 0 Å². The third-order valence-electron chi connectivity index (χ3n) is 4.69. The molecule has 0 spiro atoms. The maximum absolute atomic E-state index is 5.93. The van der Waals surface area contributed by atoms with Crippen LogP contribution in [0.4, 0.5) is 0 Å². The first-order valence-electron chi connectivity index (χ1n) is 7.40. The van der Waals surface area contributed by atoms with Crippen molar-refractivity contribution < 1.29 is 4.42 Å². The highest BCUT2D eigenvalue weighted by atomic mass is 16.3. The summed E-state index contributed by atoms with van der Waals surface area (Å²) in [7, 11) is 0. The molecule has 0 bridgehead atoms. The number of hydrazine groups is 1. The number of hydrogen-bond donors (Lipinski definition) is 2. The van der Waals surface area contributed by atoms with Crippen LogP contribution in [0.5, 0.6) is 0 Å². The van der Waals surface area contributed by atoms with Gasteiger partial charge in [-0.25, -0.2) is 0 Å². The van der Waals surface area contributed by atoms with Crippen molar-refractivity contribution in [2.45, 2.75) is 43.6 Å². The molecule has 0 aliphatic heterocycles. The fourth-order valence-corrected chi connectivity index (χ4v) is 3.71. The van der Waals surface area contributed by atoms with E-state index in [0.29, 0.717) is 0 Å². The first kappa shape index (κ1) is 13.4. The van der Waals surface area contributed by atoms with Gasteiger partial charge in [0.1, 0.15) is 0 Å². The maximum Gasteiger partial charge on any atom is 0.0951 e. The van der Waals surface area contributed by atoms with Crippen LogP contribution in [0.2, 0.25) is 0 Å². The van der Waals surface area contributed by atoms with E-state index in [1.165, 1.54) is 24.8 Å². The first-order chi connectivity index (χ1) is 9.87. The van der Waals surface area contributed by atoms with E-state index < -0.39 is 0 Å². The van der Waals surface area contributed by atoms with Gasteiger partial charge in [-0.15, -0.1) is 0 Å². The molecule has 2 aromatic rings. The second-order valence-electron chi connectivity index (χ2n) is 5.74. The fraction of sp³-hybridized carbons (Fsp3) is 0.412. The van der Waals surface area contributed by atoms with Crippen LogP contribution < -0.4 is 11.3 Å². The lowest BCUT2D eigenvalue weighted by molar-refractivity contribution is 0.214. The monoisotopic (exact) mass is 270 g/mol. The summed E-state index contributed by atoms with van der Waals surface area (Å²) in [6.45, 7) is 0. The number of rotatable bonds is 4. The van der Waals surface area contributed by atoms with Crippen molar-refractivity contribution in [1.29, 1.82) is 0 Å². The summed E-state index contributed by atoms with van der Waals surface area (Å²) in [5.74, 6) is 5.93. The average Bonchev–Trinajstić information content (AvgIpc) is 3.04. The van der Waals surface area contributed by atoms with E-state index in [9.17, 15) is 0 Å². The zero-order chi connectivity index (χ0) is 13.8. The van der Waals surface area contributed by atoms with Crippen molar-refractivity contribution in [2.75, 3.05) is 0 Å². The van der Waals surface area contributed by atoms with E-state index in [-0.39, 0.29) is 11.5 Å². The van der Waals surface area contributed by atoms with E-state index in [2.05, 4.69) is 35.8 Å². The van der Waals surface area contributed by atoms with E-state index in [1.54, 1.807) is 6.26 Å². The zero-order valence-corrected chi connectivity index (χ0v) is 11.7. The molecule has 1 unspecified atom stereocenters. The lowest BCUT2D eigenvalue weighted by Gasteiger charge is -2.43. The Kier molecular flexibility index (Phi) is 3.90. The minimum atomic E-state index is 0.0676. The molecule has 3 N–H and O–H groups in total. The largest absolute Gasteiger partial charge is 0.472 e. The lowest BCUT2D eigenvalue weighted by atomic mass is 9.63. The predicted molar refractivity (Wildman–Crippen MR) is 80.0 cm³/mol. The number of benzene rings is 1. The summed E-state index contributed by atoms with van der Waals surface area (Å²) in [4.78, 5) is 0. The van der Waals surface area contributed by atoms with Gasteiger partial charge in [-0.1, -0.05) is 49.6 Å². The summed E-state index contributed by atoms with van der Waals surface area (Å²) in [6, 6.07) is 12.9. The Labute approximate surface area is 120 Å². The molecule has 3 nitrogen and oxygen atoms in total. The standard InChI is InChI=1S/C17H22N2O/c18-19-16(14-9-12-20-13-14)17(10-5-2-6-11-17)15-7-3-1-4-8-15/h1,3-4,7-9,12-13,16,19H,2,5-6,10-11,18H2. The Bertz CT molecular complexity index is 515. The van der Waals surface area contributed by atoms with Crippen LogP contribution in [0.1, 0.15) is 49.3 Å². The fourth-order valence-electron chi connectivity index (χ4n) is 3.71. The van der Waals surface area contributed by atoms with Crippen LogP contribution in [-0.2, 0) is 5.41 Å². The molecule has 1 atom stereocenters. The van der Waals surface area contributed by atoms with Gasteiger partial charge in [-0.3, -0.25) is 11.3 Å². The molecule has 1 heterocycles. The molecule has 1 aliphatic carbocycles. The van der Waals surface area contributed by atoms with Crippen molar-refractivity contribution in [2.24, 2.45) is 5.84 Å². The molecule has 20 heavy (non-hydrogen) atoms. The van der Waals surface area contributed by atoms with Crippen LogP contribution in [0.25, 0.3) is 0 Å². The van der Waals surface area contributed by atoms with Gasteiger partial charge in [0.2, 0.25) is 0 Å². The molecule has 3 rings (SSSR count). The smallest absolute Gasteiger partial charge is 0.0951 e. The average molecular weight is 270 g/mol. The summed E-state index contributed by atoms with van der Waals surface area (Å²) in [5.41, 5.74) is 5.64. The van der Waals surface area contributed by atoms with Crippen molar-refractivity contribution in [3.05, 3.63) is 60.1 Å². The van der Waals surface area contributed by atoms with Crippen molar-refractivity contribution >= 4 is 0 Å². The highest BCUT2D eigenvalue weighted by molar-refractivity contribution is 5.32. The summed E-state index contributed by atoms with van der Waals surface area (Å²) in [5, 5.41) is 0. The molecule has 1 aliphatic rings. The van der Waals surface area contributed by atoms with Crippen LogP contribution in [0, 0.1) is 0 Å². The normalized spacial score (nSPS) is 19.6. The first-order valence-corrected chi connectivity index (χ1v) is 7.40. The molecular weight excluding hydrogens is 248 g/mol. The van der Waals surface area contributed by atoms with Gasteiger partial charge < -0.3 is 4.42 Å². The maximum atomic E-state index is 5.93. The van der Waals surface area contributed by atoms with E-state index in [0.717, 1.165) is 18.4 Å². The number of furan rings is 1. The number of hydrogen-bond acceptors (Lipinski definition) is 3. The highest BCUT2D eigenvalue weighted by Gasteiger charge is 2.42. The SMILES string of the molecule is NNC(c1ccoc1)C1(c2ccccc2)CCCCC1. The third kappa shape index (κ3) is 2.28. The second kappa shape index (κ2) is 5.81. The lowest BCUT2D eigenvalue weighted by Crippen LogP contribution is -2.45. The number of nitrogens with one attached hydrogen (secondary N) is 1. The zero-order valence-electron chi connectivity index (χ0n) is 11.7. The second-order valence-corrected chi connectivity index (χ2v) is 5.74. The summed E-state index contributed by atoms with van der Waals surface area (Å²) in [6.07, 6.45) is 9.69. The molecule has 1 aromatic heterocycles. The molecule has 1 saturated carbocycles. The van der Waals surface area contributed by atoms with Crippen molar-refractivity contribution in [3.63, 3.8) is 0 Å². The Hall–Kier alpha value is -1.58. The van der Waals surface area contributed by atoms with Gasteiger partial charge in [0.05, 0.1) is 18.6 Å². The Balaban J connectivity index is 2.05. The van der Waals surface area contributed by atoms with Crippen LogP contribution >= 0.6 is 0 Å². The Morgan fingerprint density at radius 1 is 1.05 bits per heavy atom. The molecular formula is C17H22N2O.